The third kappa shape index (κ3) is 3.56. The van der Waals surface area contributed by atoms with Gasteiger partial charge >= 0.3 is 0 Å². The third-order valence-electron chi connectivity index (χ3n) is 3.40. The molecule has 0 unspecified atom stereocenters. The number of nitrogens with zero attached hydrogens (tertiary/aromatic N) is 2. The number of nitrogens with one attached hydrogen (secondary N) is 1. The highest BCUT2D eigenvalue weighted by atomic mass is 16.5. The second kappa shape index (κ2) is 6.50. The van der Waals surface area contributed by atoms with Crippen LogP contribution in [-0.4, -0.2) is 36.2 Å². The van der Waals surface area contributed by atoms with Gasteiger partial charge in [-0.2, -0.15) is 0 Å². The first-order chi connectivity index (χ1) is 9.90. The maximum atomic E-state index is 5.36. The van der Waals surface area contributed by atoms with Crippen molar-refractivity contribution < 1.29 is 4.74 Å². The molecule has 2 heterocycles. The topological polar surface area (TPSA) is 37.4 Å². The first-order valence-corrected chi connectivity index (χ1v) is 6.97. The minimum Gasteiger partial charge on any atom is -0.379 e. The van der Waals surface area contributed by atoms with Crippen LogP contribution in [0.15, 0.2) is 48.7 Å². The summed E-state index contributed by atoms with van der Waals surface area (Å²) in [7, 11) is 0. The van der Waals surface area contributed by atoms with E-state index < -0.39 is 0 Å². The molecule has 0 radical (unpaired) electrons. The van der Waals surface area contributed by atoms with Crippen molar-refractivity contribution >= 4 is 11.5 Å². The van der Waals surface area contributed by atoms with E-state index in [4.69, 9.17) is 4.74 Å². The molecule has 1 aromatic carbocycles. The van der Waals surface area contributed by atoms with E-state index in [0.717, 1.165) is 44.4 Å². The van der Waals surface area contributed by atoms with Crippen molar-refractivity contribution in [2.24, 2.45) is 0 Å². The molecule has 1 fully saturated rings. The smallest absolute Gasteiger partial charge is 0.130 e. The number of morpholine rings is 1. The summed E-state index contributed by atoms with van der Waals surface area (Å²) in [5.74, 6) is 0.869. The summed E-state index contributed by atoms with van der Waals surface area (Å²) in [5.41, 5.74) is 2.40. The molecule has 20 heavy (non-hydrogen) atoms. The molecule has 0 saturated carbocycles. The first kappa shape index (κ1) is 13.1. The molecule has 1 aliphatic heterocycles. The number of hydrogen-bond donors (Lipinski definition) is 1. The van der Waals surface area contributed by atoms with Gasteiger partial charge in [0.25, 0.3) is 0 Å². The molecule has 0 bridgehead atoms. The fourth-order valence-electron chi connectivity index (χ4n) is 2.30. The molecule has 2 aromatic rings. The summed E-state index contributed by atoms with van der Waals surface area (Å²) < 4.78 is 5.36. The average Bonchev–Trinajstić information content (AvgIpc) is 2.51. The predicted octanol–water partition coefficient (Wildman–Crippen LogP) is 2.66. The van der Waals surface area contributed by atoms with Gasteiger partial charge in [0, 0.05) is 31.5 Å². The zero-order valence-electron chi connectivity index (χ0n) is 11.5. The lowest BCUT2D eigenvalue weighted by Crippen LogP contribution is -2.35. The SMILES string of the molecule is c1ccc(Nc2ccc(CN3CCOCC3)cc2)nc1. The zero-order chi connectivity index (χ0) is 13.6. The summed E-state index contributed by atoms with van der Waals surface area (Å²) in [6.45, 7) is 4.73. The van der Waals surface area contributed by atoms with Crippen molar-refractivity contribution in [1.29, 1.82) is 0 Å². The molecule has 0 aliphatic carbocycles. The predicted molar refractivity (Wildman–Crippen MR) is 80.1 cm³/mol. The summed E-state index contributed by atoms with van der Waals surface area (Å²) in [6, 6.07) is 14.4. The molecule has 1 aliphatic rings. The van der Waals surface area contributed by atoms with Gasteiger partial charge in [-0.15, -0.1) is 0 Å². The molecule has 104 valence electrons. The maximum Gasteiger partial charge on any atom is 0.130 e. The van der Waals surface area contributed by atoms with E-state index in [2.05, 4.69) is 39.5 Å². The van der Waals surface area contributed by atoms with Crippen molar-refractivity contribution in [2.75, 3.05) is 31.6 Å². The van der Waals surface area contributed by atoms with Crippen LogP contribution in [0.5, 0.6) is 0 Å². The lowest BCUT2D eigenvalue weighted by atomic mass is 10.2. The number of anilines is 2. The van der Waals surface area contributed by atoms with Crippen molar-refractivity contribution in [3.05, 3.63) is 54.2 Å². The van der Waals surface area contributed by atoms with Crippen LogP contribution in [0.4, 0.5) is 11.5 Å². The Morgan fingerprint density at radius 1 is 1.05 bits per heavy atom. The Hall–Kier alpha value is -1.91. The fraction of sp³-hybridized carbons (Fsp3) is 0.312. The lowest BCUT2D eigenvalue weighted by molar-refractivity contribution is 0.0342. The Balaban J connectivity index is 1.59. The lowest BCUT2D eigenvalue weighted by Gasteiger charge is -2.26. The summed E-state index contributed by atoms with van der Waals surface area (Å²) in [5, 5.41) is 3.29. The maximum absolute atomic E-state index is 5.36. The quantitative estimate of drug-likeness (QED) is 0.926. The van der Waals surface area contributed by atoms with Gasteiger partial charge in [-0.1, -0.05) is 18.2 Å². The monoisotopic (exact) mass is 269 g/mol. The van der Waals surface area contributed by atoms with E-state index in [1.165, 1.54) is 5.56 Å². The van der Waals surface area contributed by atoms with Crippen LogP contribution in [0, 0.1) is 0 Å². The van der Waals surface area contributed by atoms with Crippen LogP contribution >= 0.6 is 0 Å². The van der Waals surface area contributed by atoms with E-state index in [-0.39, 0.29) is 0 Å². The Morgan fingerprint density at radius 3 is 2.55 bits per heavy atom. The highest BCUT2D eigenvalue weighted by molar-refractivity contribution is 5.56. The van der Waals surface area contributed by atoms with Gasteiger partial charge in [0.2, 0.25) is 0 Å². The Kier molecular flexibility index (Phi) is 4.25. The van der Waals surface area contributed by atoms with Gasteiger partial charge in [0.05, 0.1) is 13.2 Å². The molecule has 3 rings (SSSR count). The second-order valence-electron chi connectivity index (χ2n) is 4.93. The van der Waals surface area contributed by atoms with Crippen LogP contribution in [0.25, 0.3) is 0 Å². The van der Waals surface area contributed by atoms with E-state index in [1.54, 1.807) is 6.20 Å². The summed E-state index contributed by atoms with van der Waals surface area (Å²) >= 11 is 0. The summed E-state index contributed by atoms with van der Waals surface area (Å²) in [6.07, 6.45) is 1.79. The minimum absolute atomic E-state index is 0.847. The molecule has 1 N–H and O–H groups in total. The molecule has 0 amide bonds. The van der Waals surface area contributed by atoms with Crippen molar-refractivity contribution in [1.82, 2.24) is 9.88 Å². The van der Waals surface area contributed by atoms with Gasteiger partial charge < -0.3 is 10.1 Å². The highest BCUT2D eigenvalue weighted by Crippen LogP contribution is 2.16. The molecule has 4 nitrogen and oxygen atoms in total. The van der Waals surface area contributed by atoms with Crippen molar-refractivity contribution in [2.45, 2.75) is 6.54 Å². The van der Waals surface area contributed by atoms with Gasteiger partial charge in [0.1, 0.15) is 5.82 Å². The normalized spacial score (nSPS) is 16.0. The van der Waals surface area contributed by atoms with E-state index in [9.17, 15) is 0 Å². The Morgan fingerprint density at radius 2 is 1.85 bits per heavy atom. The molecule has 4 heteroatoms. The third-order valence-corrected chi connectivity index (χ3v) is 3.40. The second-order valence-corrected chi connectivity index (χ2v) is 4.93. The fourth-order valence-corrected chi connectivity index (χ4v) is 2.30. The van der Waals surface area contributed by atoms with Gasteiger partial charge in [-0.05, 0) is 29.8 Å². The standard InChI is InChI=1S/C16H19N3O/c1-2-8-17-16(3-1)18-15-6-4-14(5-7-15)13-19-9-11-20-12-10-19/h1-8H,9-13H2,(H,17,18). The molecular formula is C16H19N3O. The Bertz CT molecular complexity index is 521. The van der Waals surface area contributed by atoms with Crippen molar-refractivity contribution in [3.8, 4) is 0 Å². The van der Waals surface area contributed by atoms with E-state index in [1.807, 2.05) is 18.2 Å². The van der Waals surface area contributed by atoms with Crippen LogP contribution in [-0.2, 0) is 11.3 Å². The molecule has 1 saturated heterocycles. The Labute approximate surface area is 119 Å². The van der Waals surface area contributed by atoms with Crippen LogP contribution in [0.3, 0.4) is 0 Å². The zero-order valence-corrected chi connectivity index (χ0v) is 11.5. The number of aromatic nitrogens is 1. The van der Waals surface area contributed by atoms with Crippen molar-refractivity contribution in [3.63, 3.8) is 0 Å². The largest absolute Gasteiger partial charge is 0.379 e. The van der Waals surface area contributed by atoms with Gasteiger partial charge in [-0.25, -0.2) is 4.98 Å². The number of pyridine rings is 1. The average molecular weight is 269 g/mol. The number of hydrogen-bond acceptors (Lipinski definition) is 4. The molecular weight excluding hydrogens is 250 g/mol. The highest BCUT2D eigenvalue weighted by Gasteiger charge is 2.10. The summed E-state index contributed by atoms with van der Waals surface area (Å²) in [4.78, 5) is 6.68. The first-order valence-electron chi connectivity index (χ1n) is 6.97. The number of rotatable bonds is 4. The van der Waals surface area contributed by atoms with Crippen LogP contribution in [0.1, 0.15) is 5.56 Å². The number of benzene rings is 1. The molecule has 1 aromatic heterocycles. The van der Waals surface area contributed by atoms with Gasteiger partial charge in [0.15, 0.2) is 0 Å². The molecule has 0 spiro atoms. The van der Waals surface area contributed by atoms with E-state index in [0.29, 0.717) is 0 Å². The number of ether oxygens (including phenoxy) is 1. The van der Waals surface area contributed by atoms with Crippen LogP contribution in [0.2, 0.25) is 0 Å². The molecule has 0 atom stereocenters. The van der Waals surface area contributed by atoms with Crippen LogP contribution < -0.4 is 5.32 Å². The minimum atomic E-state index is 0.847. The van der Waals surface area contributed by atoms with E-state index >= 15 is 0 Å². The van der Waals surface area contributed by atoms with Gasteiger partial charge in [-0.3, -0.25) is 4.90 Å².